The van der Waals surface area contributed by atoms with E-state index in [1.54, 1.807) is 18.2 Å². The van der Waals surface area contributed by atoms with Crippen molar-refractivity contribution in [2.75, 3.05) is 18.2 Å². The van der Waals surface area contributed by atoms with E-state index in [1.807, 2.05) is 0 Å². The molecule has 1 aromatic rings. The van der Waals surface area contributed by atoms with Gasteiger partial charge in [-0.25, -0.2) is 0 Å². The minimum atomic E-state index is -4.71. The van der Waals surface area contributed by atoms with Gasteiger partial charge in [-0.3, -0.25) is 4.79 Å². The first-order valence-corrected chi connectivity index (χ1v) is 7.03. The summed E-state index contributed by atoms with van der Waals surface area (Å²) in [6.07, 6.45) is -0.340. The van der Waals surface area contributed by atoms with Gasteiger partial charge in [0.05, 0.1) is 0 Å². The maximum absolute atomic E-state index is 12.9. The second-order valence-corrected chi connectivity index (χ2v) is 5.96. The number of ether oxygens (including phenoxy) is 2. The quantitative estimate of drug-likeness (QED) is 0.753. The first-order chi connectivity index (χ1) is 8.95. The van der Waals surface area contributed by atoms with Crippen molar-refractivity contribution in [3.63, 3.8) is 0 Å². The molecule has 3 rings (SSSR count). The predicted molar refractivity (Wildman–Crippen MR) is 63.4 cm³/mol. The summed E-state index contributed by atoms with van der Waals surface area (Å²) in [5.74, 6) is 0.618. The molecule has 0 aliphatic carbocycles. The number of benzene rings is 1. The Kier molecular flexibility index (Phi) is 2.63. The Morgan fingerprint density at radius 3 is 2.68 bits per heavy atom. The minimum Gasteiger partial charge on any atom is -0.454 e. The number of carbonyl (C=O) groups is 1. The first-order valence-electron chi connectivity index (χ1n) is 5.58. The highest BCUT2D eigenvalue weighted by Gasteiger charge is 2.39. The molecule has 1 amide bonds. The SMILES string of the molecule is O=C1CC(S(=O)(=O)F)CN1c1ccc2c(c1)OCO2. The van der Waals surface area contributed by atoms with Gasteiger partial charge in [0.2, 0.25) is 12.7 Å². The molecule has 19 heavy (non-hydrogen) atoms. The van der Waals surface area contributed by atoms with Gasteiger partial charge < -0.3 is 14.4 Å². The largest absolute Gasteiger partial charge is 0.454 e. The molecule has 0 spiro atoms. The van der Waals surface area contributed by atoms with Crippen LogP contribution in [0.4, 0.5) is 9.57 Å². The molecule has 2 aliphatic rings. The molecule has 1 atom stereocenters. The van der Waals surface area contributed by atoms with Crippen LogP contribution >= 0.6 is 0 Å². The molecule has 1 unspecified atom stereocenters. The number of nitrogens with zero attached hydrogens (tertiary/aromatic N) is 1. The van der Waals surface area contributed by atoms with Crippen LogP contribution in [0, 0.1) is 0 Å². The van der Waals surface area contributed by atoms with Crippen LogP contribution < -0.4 is 14.4 Å². The van der Waals surface area contributed by atoms with Crippen molar-refractivity contribution < 1.29 is 26.6 Å². The number of rotatable bonds is 2. The Morgan fingerprint density at radius 2 is 2.00 bits per heavy atom. The average molecular weight is 287 g/mol. The van der Waals surface area contributed by atoms with E-state index in [-0.39, 0.29) is 19.8 Å². The molecule has 6 nitrogen and oxygen atoms in total. The molecule has 0 aromatic heterocycles. The normalized spacial score (nSPS) is 22.1. The van der Waals surface area contributed by atoms with E-state index in [0.29, 0.717) is 17.2 Å². The zero-order chi connectivity index (χ0) is 13.6. The fourth-order valence-electron chi connectivity index (χ4n) is 2.17. The molecule has 1 fully saturated rings. The van der Waals surface area contributed by atoms with E-state index in [2.05, 4.69) is 0 Å². The molecular weight excluding hydrogens is 277 g/mol. The van der Waals surface area contributed by atoms with Crippen LogP contribution in [0.25, 0.3) is 0 Å². The van der Waals surface area contributed by atoms with E-state index >= 15 is 0 Å². The lowest BCUT2D eigenvalue weighted by atomic mass is 10.2. The Hall–Kier alpha value is -1.83. The lowest BCUT2D eigenvalue weighted by Gasteiger charge is -2.16. The molecule has 2 aliphatic heterocycles. The fourth-order valence-corrected chi connectivity index (χ4v) is 2.83. The van der Waals surface area contributed by atoms with Crippen molar-refractivity contribution >= 4 is 21.8 Å². The molecule has 1 saturated heterocycles. The molecule has 2 heterocycles. The van der Waals surface area contributed by atoms with Crippen LogP contribution in [0.15, 0.2) is 18.2 Å². The summed E-state index contributed by atoms with van der Waals surface area (Å²) in [7, 11) is -4.71. The Labute approximate surface area is 108 Å². The van der Waals surface area contributed by atoms with Gasteiger partial charge in [-0.2, -0.15) is 8.42 Å². The molecule has 0 bridgehead atoms. The maximum Gasteiger partial charge on any atom is 0.307 e. The van der Waals surface area contributed by atoms with Gasteiger partial charge in [-0.15, -0.1) is 3.89 Å². The van der Waals surface area contributed by atoms with Crippen LogP contribution in [-0.4, -0.2) is 32.9 Å². The number of carbonyl (C=O) groups excluding carboxylic acids is 1. The Balaban J connectivity index is 1.89. The van der Waals surface area contributed by atoms with E-state index in [9.17, 15) is 17.1 Å². The summed E-state index contributed by atoms with van der Waals surface area (Å²) in [6, 6.07) is 4.81. The number of halogens is 1. The van der Waals surface area contributed by atoms with Gasteiger partial charge in [0.15, 0.2) is 11.5 Å². The van der Waals surface area contributed by atoms with Crippen LogP contribution in [0.3, 0.4) is 0 Å². The molecular formula is C11H10FNO5S. The summed E-state index contributed by atoms with van der Waals surface area (Å²) in [5.41, 5.74) is 0.473. The Bertz CT molecular complexity index is 644. The summed E-state index contributed by atoms with van der Waals surface area (Å²) >= 11 is 0. The zero-order valence-electron chi connectivity index (χ0n) is 9.71. The van der Waals surface area contributed by atoms with Crippen molar-refractivity contribution in [3.8, 4) is 11.5 Å². The van der Waals surface area contributed by atoms with Crippen molar-refractivity contribution in [2.24, 2.45) is 0 Å². The molecule has 1 aromatic carbocycles. The lowest BCUT2D eigenvalue weighted by molar-refractivity contribution is -0.117. The first kappa shape index (κ1) is 12.2. The smallest absolute Gasteiger partial charge is 0.307 e. The topological polar surface area (TPSA) is 72.9 Å². The third-order valence-corrected chi connectivity index (χ3v) is 4.27. The van der Waals surface area contributed by atoms with Crippen LogP contribution in [-0.2, 0) is 15.0 Å². The number of hydrogen-bond donors (Lipinski definition) is 0. The number of hydrogen-bond acceptors (Lipinski definition) is 5. The maximum atomic E-state index is 12.9. The number of anilines is 1. The molecule has 0 radical (unpaired) electrons. The lowest BCUT2D eigenvalue weighted by Crippen LogP contribution is -2.26. The van der Waals surface area contributed by atoms with E-state index < -0.39 is 21.4 Å². The van der Waals surface area contributed by atoms with Crippen molar-refractivity contribution in [2.45, 2.75) is 11.7 Å². The van der Waals surface area contributed by atoms with Crippen LogP contribution in [0.1, 0.15) is 6.42 Å². The highest BCUT2D eigenvalue weighted by atomic mass is 32.3. The van der Waals surface area contributed by atoms with Crippen molar-refractivity contribution in [1.82, 2.24) is 0 Å². The summed E-state index contributed by atoms with van der Waals surface area (Å²) < 4.78 is 44.9. The van der Waals surface area contributed by atoms with Gasteiger partial charge in [-0.1, -0.05) is 0 Å². The zero-order valence-corrected chi connectivity index (χ0v) is 10.5. The minimum absolute atomic E-state index is 0.105. The summed E-state index contributed by atoms with van der Waals surface area (Å²) in [4.78, 5) is 13.0. The monoisotopic (exact) mass is 287 g/mol. The van der Waals surface area contributed by atoms with Gasteiger partial charge in [0, 0.05) is 24.7 Å². The molecule has 8 heteroatoms. The van der Waals surface area contributed by atoms with E-state index in [0.717, 1.165) is 0 Å². The third-order valence-electron chi connectivity index (χ3n) is 3.16. The second kappa shape index (κ2) is 4.09. The van der Waals surface area contributed by atoms with Gasteiger partial charge in [0.1, 0.15) is 5.25 Å². The van der Waals surface area contributed by atoms with E-state index in [1.165, 1.54) is 4.90 Å². The van der Waals surface area contributed by atoms with E-state index in [4.69, 9.17) is 9.47 Å². The summed E-state index contributed by atoms with van der Waals surface area (Å²) in [5, 5.41) is -1.30. The van der Waals surface area contributed by atoms with Gasteiger partial charge >= 0.3 is 10.2 Å². The standard InChI is InChI=1S/C11H10FNO5S/c12-19(15,16)8-4-11(14)13(5-8)7-1-2-9-10(3-7)18-6-17-9/h1-3,8H,4-6H2. The molecule has 0 N–H and O–H groups in total. The molecule has 0 saturated carbocycles. The highest BCUT2D eigenvalue weighted by Crippen LogP contribution is 2.37. The van der Waals surface area contributed by atoms with Crippen LogP contribution in [0.2, 0.25) is 0 Å². The van der Waals surface area contributed by atoms with Crippen molar-refractivity contribution in [1.29, 1.82) is 0 Å². The number of amides is 1. The van der Waals surface area contributed by atoms with Gasteiger partial charge in [0.25, 0.3) is 0 Å². The number of fused-ring (bicyclic) bond motifs is 1. The van der Waals surface area contributed by atoms with Gasteiger partial charge in [-0.05, 0) is 12.1 Å². The highest BCUT2D eigenvalue weighted by molar-refractivity contribution is 7.87. The second-order valence-electron chi connectivity index (χ2n) is 4.34. The van der Waals surface area contributed by atoms with Crippen LogP contribution in [0.5, 0.6) is 11.5 Å². The fraction of sp³-hybridized carbons (Fsp3) is 0.364. The molecule has 102 valence electrons. The van der Waals surface area contributed by atoms with Crippen molar-refractivity contribution in [3.05, 3.63) is 18.2 Å². The Morgan fingerprint density at radius 1 is 1.26 bits per heavy atom. The third kappa shape index (κ3) is 2.12. The predicted octanol–water partition coefficient (Wildman–Crippen LogP) is 0.820. The average Bonchev–Trinajstić information content (AvgIpc) is 2.92. The summed E-state index contributed by atoms with van der Waals surface area (Å²) in [6.45, 7) is -0.0778.